The number of amides is 2. The summed E-state index contributed by atoms with van der Waals surface area (Å²) in [5.74, 6) is -2.37. The number of nitrogens with one attached hydrogen (secondary N) is 2. The summed E-state index contributed by atoms with van der Waals surface area (Å²) in [5.41, 5.74) is 6.42. The predicted molar refractivity (Wildman–Crippen MR) is 101 cm³/mol. The zero-order chi connectivity index (χ0) is 20.6. The molecule has 8 heteroatoms. The highest BCUT2D eigenvalue weighted by Crippen LogP contribution is 2.08. The molecule has 8 nitrogen and oxygen atoms in total. The van der Waals surface area contributed by atoms with Gasteiger partial charge in [-0.05, 0) is 24.8 Å². The van der Waals surface area contributed by atoms with Crippen molar-refractivity contribution in [1.82, 2.24) is 10.6 Å². The maximum atomic E-state index is 12.7. The number of aliphatic carboxylic acids is 1. The average Bonchev–Trinajstić information content (AvgIpc) is 2.59. The van der Waals surface area contributed by atoms with Gasteiger partial charge in [0, 0.05) is 6.42 Å². The van der Waals surface area contributed by atoms with E-state index in [-0.39, 0.29) is 18.8 Å². The fourth-order valence-corrected chi connectivity index (χ4v) is 2.51. The summed E-state index contributed by atoms with van der Waals surface area (Å²) in [4.78, 5) is 36.3. The highest BCUT2D eigenvalue weighted by molar-refractivity contribution is 5.92. The molecule has 0 heterocycles. The molecule has 4 unspecified atom stereocenters. The van der Waals surface area contributed by atoms with Crippen LogP contribution in [0.4, 0.5) is 0 Å². The molecule has 1 rings (SSSR count). The monoisotopic (exact) mass is 379 g/mol. The third kappa shape index (κ3) is 7.76. The highest BCUT2D eigenvalue weighted by atomic mass is 16.4. The van der Waals surface area contributed by atoms with Gasteiger partial charge in [0.1, 0.15) is 18.1 Å². The Morgan fingerprint density at radius 1 is 1.00 bits per heavy atom. The Morgan fingerprint density at radius 2 is 1.56 bits per heavy atom. The topological polar surface area (TPSA) is 142 Å². The second kappa shape index (κ2) is 10.6. The Bertz CT molecular complexity index is 633. The van der Waals surface area contributed by atoms with Crippen LogP contribution in [-0.2, 0) is 20.8 Å². The number of carboxylic acid groups (broad SMARTS) is 1. The number of carbonyl (C=O) groups excluding carboxylic acids is 2. The Hall–Kier alpha value is -2.45. The van der Waals surface area contributed by atoms with E-state index >= 15 is 0 Å². The minimum atomic E-state index is -1.19. The van der Waals surface area contributed by atoms with Crippen LogP contribution in [0.2, 0.25) is 0 Å². The molecule has 27 heavy (non-hydrogen) atoms. The summed E-state index contributed by atoms with van der Waals surface area (Å²) < 4.78 is 0. The molecule has 0 saturated carbocycles. The van der Waals surface area contributed by atoms with Gasteiger partial charge in [-0.3, -0.25) is 9.59 Å². The maximum Gasteiger partial charge on any atom is 0.326 e. The zero-order valence-electron chi connectivity index (χ0n) is 15.9. The van der Waals surface area contributed by atoms with Crippen molar-refractivity contribution in [3.8, 4) is 0 Å². The van der Waals surface area contributed by atoms with Crippen molar-refractivity contribution in [1.29, 1.82) is 0 Å². The average molecular weight is 379 g/mol. The van der Waals surface area contributed by atoms with E-state index in [1.807, 2.05) is 19.9 Å². The van der Waals surface area contributed by atoms with E-state index in [4.69, 9.17) is 5.73 Å². The molecule has 0 saturated heterocycles. The summed E-state index contributed by atoms with van der Waals surface area (Å²) in [6, 6.07) is 5.75. The molecule has 4 atom stereocenters. The van der Waals surface area contributed by atoms with Crippen LogP contribution in [0.5, 0.6) is 0 Å². The molecule has 0 aliphatic rings. The highest BCUT2D eigenvalue weighted by Gasteiger charge is 2.29. The molecule has 150 valence electrons. The Balaban J connectivity index is 2.95. The number of benzene rings is 1. The molecular weight excluding hydrogens is 350 g/mol. The smallest absolute Gasteiger partial charge is 0.326 e. The number of carboxylic acids is 1. The SMILES string of the molecule is CC(C)CC(NC(=O)C(Cc1ccccc1)NC(=O)C(N)C(C)O)C(=O)O. The first kappa shape index (κ1) is 22.6. The van der Waals surface area contributed by atoms with Crippen LogP contribution in [0.3, 0.4) is 0 Å². The van der Waals surface area contributed by atoms with Gasteiger partial charge in [0.25, 0.3) is 0 Å². The summed E-state index contributed by atoms with van der Waals surface area (Å²) in [5, 5.41) is 23.8. The van der Waals surface area contributed by atoms with Crippen LogP contribution in [0.25, 0.3) is 0 Å². The van der Waals surface area contributed by atoms with Gasteiger partial charge in [-0.25, -0.2) is 4.79 Å². The molecule has 0 radical (unpaired) electrons. The fourth-order valence-electron chi connectivity index (χ4n) is 2.51. The third-order valence-electron chi connectivity index (χ3n) is 4.06. The van der Waals surface area contributed by atoms with E-state index in [1.165, 1.54) is 6.92 Å². The summed E-state index contributed by atoms with van der Waals surface area (Å²) in [7, 11) is 0. The van der Waals surface area contributed by atoms with Crippen molar-refractivity contribution in [2.75, 3.05) is 0 Å². The lowest BCUT2D eigenvalue weighted by molar-refractivity contribution is -0.142. The number of aliphatic hydroxyl groups excluding tert-OH is 1. The van der Waals surface area contributed by atoms with Gasteiger partial charge in [0.05, 0.1) is 6.10 Å². The van der Waals surface area contributed by atoms with E-state index in [2.05, 4.69) is 10.6 Å². The van der Waals surface area contributed by atoms with Crippen molar-refractivity contribution in [3.05, 3.63) is 35.9 Å². The van der Waals surface area contributed by atoms with Crippen LogP contribution in [0.15, 0.2) is 30.3 Å². The molecule has 0 aliphatic heterocycles. The van der Waals surface area contributed by atoms with Crippen LogP contribution < -0.4 is 16.4 Å². The fraction of sp³-hybridized carbons (Fsp3) is 0.526. The van der Waals surface area contributed by atoms with Crippen LogP contribution >= 0.6 is 0 Å². The molecule has 1 aromatic carbocycles. The van der Waals surface area contributed by atoms with Crippen LogP contribution in [-0.4, -0.2) is 52.2 Å². The number of rotatable bonds is 10. The Morgan fingerprint density at radius 3 is 2.04 bits per heavy atom. The van der Waals surface area contributed by atoms with E-state index in [0.717, 1.165) is 5.56 Å². The van der Waals surface area contributed by atoms with E-state index in [9.17, 15) is 24.6 Å². The quantitative estimate of drug-likeness (QED) is 0.388. The number of hydrogen-bond donors (Lipinski definition) is 5. The molecule has 2 amide bonds. The Labute approximate surface area is 159 Å². The number of aliphatic hydroxyl groups is 1. The first-order valence-electron chi connectivity index (χ1n) is 8.93. The normalized spacial score (nSPS) is 15.5. The zero-order valence-corrected chi connectivity index (χ0v) is 15.9. The molecule has 6 N–H and O–H groups in total. The summed E-state index contributed by atoms with van der Waals surface area (Å²) in [6.45, 7) is 5.08. The summed E-state index contributed by atoms with van der Waals surface area (Å²) >= 11 is 0. The predicted octanol–water partition coefficient (Wildman–Crippen LogP) is 0.0375. The lowest BCUT2D eigenvalue weighted by Crippen LogP contribution is -2.57. The third-order valence-corrected chi connectivity index (χ3v) is 4.06. The molecule has 0 aromatic heterocycles. The van der Waals surface area contributed by atoms with Crippen LogP contribution in [0, 0.1) is 5.92 Å². The van der Waals surface area contributed by atoms with E-state index in [0.29, 0.717) is 0 Å². The van der Waals surface area contributed by atoms with Gasteiger partial charge < -0.3 is 26.6 Å². The van der Waals surface area contributed by atoms with Gasteiger partial charge in [0.15, 0.2) is 0 Å². The molecular formula is C19H29N3O5. The lowest BCUT2D eigenvalue weighted by Gasteiger charge is -2.24. The van der Waals surface area contributed by atoms with Gasteiger partial charge >= 0.3 is 5.97 Å². The van der Waals surface area contributed by atoms with Crippen molar-refractivity contribution >= 4 is 17.8 Å². The van der Waals surface area contributed by atoms with Gasteiger partial charge in [0.2, 0.25) is 11.8 Å². The lowest BCUT2D eigenvalue weighted by atomic mass is 10.0. The first-order valence-corrected chi connectivity index (χ1v) is 8.93. The van der Waals surface area contributed by atoms with Crippen molar-refractivity contribution < 1.29 is 24.6 Å². The van der Waals surface area contributed by atoms with E-state index in [1.54, 1.807) is 24.3 Å². The minimum absolute atomic E-state index is 0.0669. The number of hydrogen-bond acceptors (Lipinski definition) is 5. The second-order valence-corrected chi connectivity index (χ2v) is 7.05. The molecule has 1 aromatic rings. The molecule has 0 aliphatic carbocycles. The maximum absolute atomic E-state index is 12.7. The van der Waals surface area contributed by atoms with Gasteiger partial charge in [-0.2, -0.15) is 0 Å². The van der Waals surface area contributed by atoms with Gasteiger partial charge in [-0.1, -0.05) is 44.2 Å². The molecule has 0 spiro atoms. The van der Waals surface area contributed by atoms with Crippen molar-refractivity contribution in [2.24, 2.45) is 11.7 Å². The molecule has 0 bridgehead atoms. The van der Waals surface area contributed by atoms with Gasteiger partial charge in [-0.15, -0.1) is 0 Å². The van der Waals surface area contributed by atoms with Crippen molar-refractivity contribution in [3.63, 3.8) is 0 Å². The second-order valence-electron chi connectivity index (χ2n) is 7.05. The summed E-state index contributed by atoms with van der Waals surface area (Å²) in [6.07, 6.45) is -0.655. The number of carbonyl (C=O) groups is 3. The van der Waals surface area contributed by atoms with Crippen LogP contribution in [0.1, 0.15) is 32.8 Å². The Kier molecular flexibility index (Phi) is 8.90. The first-order chi connectivity index (χ1) is 12.6. The minimum Gasteiger partial charge on any atom is -0.480 e. The largest absolute Gasteiger partial charge is 0.480 e. The standard InChI is InChI=1S/C19H29N3O5/c1-11(2)9-15(19(26)27)22-17(24)14(10-13-7-5-4-6-8-13)21-18(25)16(20)12(3)23/h4-8,11-12,14-16,23H,9-10,20H2,1-3H3,(H,21,25)(H,22,24)(H,26,27). The molecule has 0 fully saturated rings. The van der Waals surface area contributed by atoms with E-state index < -0.39 is 42.0 Å². The van der Waals surface area contributed by atoms with Crippen molar-refractivity contribution in [2.45, 2.75) is 57.8 Å². The number of nitrogens with two attached hydrogens (primary N) is 1.